The van der Waals surface area contributed by atoms with E-state index < -0.39 is 0 Å². The van der Waals surface area contributed by atoms with Gasteiger partial charge in [-0.15, -0.1) is 0 Å². The Bertz CT molecular complexity index is 3170. The number of para-hydroxylation sites is 3. The smallest absolute Gasteiger partial charge is 0.138 e. The van der Waals surface area contributed by atoms with E-state index in [9.17, 15) is 0 Å². The van der Waals surface area contributed by atoms with Gasteiger partial charge in [0.25, 0.3) is 0 Å². The van der Waals surface area contributed by atoms with Crippen LogP contribution in [0.1, 0.15) is 0 Å². The van der Waals surface area contributed by atoms with Crippen LogP contribution in [-0.2, 0) is 0 Å². The minimum Gasteiger partial charge on any atom is -0.309 e. The van der Waals surface area contributed by atoms with Crippen LogP contribution in [0.4, 0.5) is 0 Å². The van der Waals surface area contributed by atoms with Crippen molar-refractivity contribution in [3.63, 3.8) is 0 Å². The third kappa shape index (κ3) is 5.32. The third-order valence-electron chi connectivity index (χ3n) is 11.1. The van der Waals surface area contributed by atoms with Crippen molar-refractivity contribution in [2.45, 2.75) is 0 Å². The zero-order valence-corrected chi connectivity index (χ0v) is 30.5. The molecule has 0 unspecified atom stereocenters. The van der Waals surface area contributed by atoms with Crippen LogP contribution in [0.3, 0.4) is 0 Å². The van der Waals surface area contributed by atoms with Gasteiger partial charge in [0.2, 0.25) is 0 Å². The molecule has 0 N–H and O–H groups in total. The summed E-state index contributed by atoms with van der Waals surface area (Å²) in [6.45, 7) is 0. The highest BCUT2D eigenvalue weighted by Gasteiger charge is 2.17. The van der Waals surface area contributed by atoms with E-state index >= 15 is 0 Å². The molecule has 3 nitrogen and oxygen atoms in total. The lowest BCUT2D eigenvalue weighted by atomic mass is 9.93. The number of hydrogen-bond acceptors (Lipinski definition) is 1. The molecule has 0 saturated carbocycles. The number of benzene rings is 8. The van der Waals surface area contributed by atoms with Gasteiger partial charge in [-0.05, 0) is 123 Å². The highest BCUT2D eigenvalue weighted by molar-refractivity contribution is 6.12. The van der Waals surface area contributed by atoms with E-state index in [0.717, 1.165) is 28.0 Å². The van der Waals surface area contributed by atoms with Crippen molar-refractivity contribution in [2.75, 3.05) is 0 Å². The van der Waals surface area contributed by atoms with Crippen molar-refractivity contribution in [2.24, 2.45) is 0 Å². The summed E-state index contributed by atoms with van der Waals surface area (Å²) in [6, 6.07) is 74.3. The quantitative estimate of drug-likeness (QED) is 0.168. The van der Waals surface area contributed by atoms with E-state index in [0.29, 0.717) is 0 Å². The summed E-state index contributed by atoms with van der Waals surface area (Å²) in [5, 5.41) is 4.91. The molecule has 262 valence electrons. The first-order valence-corrected chi connectivity index (χ1v) is 19.1. The molecule has 0 saturated heterocycles. The largest absolute Gasteiger partial charge is 0.309 e. The predicted molar refractivity (Wildman–Crippen MR) is 235 cm³/mol. The molecular formula is C53H35N3. The van der Waals surface area contributed by atoms with Gasteiger partial charge in [0.05, 0.1) is 22.1 Å². The van der Waals surface area contributed by atoms with Gasteiger partial charge < -0.3 is 4.57 Å². The predicted octanol–water partition coefficient (Wildman–Crippen LogP) is 13.9. The Hall–Kier alpha value is -7.49. The standard InChI is InChI=1S/C53H35N3/c1-4-14-36(15-5-1)41-30-42(37-16-6-2-7-17-37)32-43(31-41)40-28-29-54-53(35-40)56-50-23-13-11-21-46(50)48-34-39(25-27-52(48)56)38-24-26-51-47(33-38)45-20-10-12-22-49(45)55(51)44-18-8-3-9-19-44/h1-35H. The minimum atomic E-state index is 0.892. The molecular weight excluding hydrogens is 679 g/mol. The van der Waals surface area contributed by atoms with Crippen LogP contribution >= 0.6 is 0 Å². The second-order valence-corrected chi connectivity index (χ2v) is 14.4. The zero-order valence-electron chi connectivity index (χ0n) is 30.5. The summed E-state index contributed by atoms with van der Waals surface area (Å²) < 4.78 is 4.68. The molecule has 0 fully saturated rings. The lowest BCUT2D eigenvalue weighted by Gasteiger charge is -2.13. The second kappa shape index (κ2) is 13.1. The zero-order chi connectivity index (χ0) is 37.0. The Kier molecular flexibility index (Phi) is 7.49. The van der Waals surface area contributed by atoms with E-state index in [1.807, 2.05) is 6.20 Å². The summed E-state index contributed by atoms with van der Waals surface area (Å²) in [4.78, 5) is 5.00. The van der Waals surface area contributed by atoms with Gasteiger partial charge in [-0.3, -0.25) is 4.57 Å². The first-order valence-electron chi connectivity index (χ1n) is 19.1. The van der Waals surface area contributed by atoms with Crippen LogP contribution in [0.15, 0.2) is 212 Å². The fourth-order valence-corrected chi connectivity index (χ4v) is 8.52. The summed E-state index contributed by atoms with van der Waals surface area (Å²) in [5.41, 5.74) is 15.3. The highest BCUT2D eigenvalue weighted by atomic mass is 15.1. The summed E-state index contributed by atoms with van der Waals surface area (Å²) in [5.74, 6) is 0.892. The maximum atomic E-state index is 5.00. The molecule has 0 amide bonds. The molecule has 0 radical (unpaired) electrons. The molecule has 56 heavy (non-hydrogen) atoms. The van der Waals surface area contributed by atoms with Gasteiger partial charge in [-0.1, -0.05) is 127 Å². The van der Waals surface area contributed by atoms with Crippen LogP contribution < -0.4 is 0 Å². The number of aromatic nitrogens is 3. The van der Waals surface area contributed by atoms with E-state index in [1.54, 1.807) is 0 Å². The van der Waals surface area contributed by atoms with Crippen LogP contribution in [0, 0.1) is 0 Å². The lowest BCUT2D eigenvalue weighted by Crippen LogP contribution is -1.97. The van der Waals surface area contributed by atoms with Crippen molar-refractivity contribution in [3.8, 4) is 56.0 Å². The van der Waals surface area contributed by atoms with E-state index in [-0.39, 0.29) is 0 Å². The average Bonchev–Trinajstić information content (AvgIpc) is 3.79. The fraction of sp³-hybridized carbons (Fsp3) is 0. The number of rotatable bonds is 6. The van der Waals surface area contributed by atoms with Crippen molar-refractivity contribution in [1.29, 1.82) is 0 Å². The number of fused-ring (bicyclic) bond motifs is 6. The molecule has 3 aromatic heterocycles. The first-order chi connectivity index (χ1) is 27.8. The molecule has 11 aromatic rings. The highest BCUT2D eigenvalue weighted by Crippen LogP contribution is 2.39. The SMILES string of the molecule is c1ccc(-c2cc(-c3ccccc3)cc(-c3ccnc(-n4c5ccccc5c5cc(-c6ccc7c(c6)c6ccccc6n7-c6ccccc6)ccc54)c3)c2)cc1. The Morgan fingerprint density at radius 3 is 1.27 bits per heavy atom. The molecule has 0 aliphatic rings. The topological polar surface area (TPSA) is 22.8 Å². The first kappa shape index (κ1) is 32.0. The maximum absolute atomic E-state index is 5.00. The van der Waals surface area contributed by atoms with Gasteiger partial charge in [-0.25, -0.2) is 4.98 Å². The monoisotopic (exact) mass is 713 g/mol. The van der Waals surface area contributed by atoms with Crippen molar-refractivity contribution < 1.29 is 0 Å². The van der Waals surface area contributed by atoms with E-state index in [2.05, 4.69) is 215 Å². The molecule has 0 bridgehead atoms. The third-order valence-corrected chi connectivity index (χ3v) is 11.1. The molecule has 3 heteroatoms. The van der Waals surface area contributed by atoms with E-state index in [1.165, 1.54) is 71.6 Å². The molecule has 0 spiro atoms. The van der Waals surface area contributed by atoms with Crippen molar-refractivity contribution >= 4 is 43.6 Å². The van der Waals surface area contributed by atoms with Crippen molar-refractivity contribution in [1.82, 2.24) is 14.1 Å². The van der Waals surface area contributed by atoms with Crippen LogP contribution in [0.25, 0.3) is 99.6 Å². The van der Waals surface area contributed by atoms with Gasteiger partial charge >= 0.3 is 0 Å². The average molecular weight is 714 g/mol. The van der Waals surface area contributed by atoms with Crippen LogP contribution in [0.5, 0.6) is 0 Å². The fourth-order valence-electron chi connectivity index (χ4n) is 8.52. The Balaban J connectivity index is 1.05. The summed E-state index contributed by atoms with van der Waals surface area (Å²) in [7, 11) is 0. The van der Waals surface area contributed by atoms with Gasteiger partial charge in [0, 0.05) is 33.4 Å². The molecule has 3 heterocycles. The summed E-state index contributed by atoms with van der Waals surface area (Å²) >= 11 is 0. The van der Waals surface area contributed by atoms with Crippen molar-refractivity contribution in [3.05, 3.63) is 212 Å². The molecule has 8 aromatic carbocycles. The van der Waals surface area contributed by atoms with Gasteiger partial charge in [0.1, 0.15) is 5.82 Å². The Labute approximate surface area is 325 Å². The second-order valence-electron chi connectivity index (χ2n) is 14.4. The Morgan fingerprint density at radius 2 is 0.696 bits per heavy atom. The normalized spacial score (nSPS) is 11.6. The number of nitrogens with zero attached hydrogens (tertiary/aromatic N) is 3. The molecule has 0 aliphatic heterocycles. The summed E-state index contributed by atoms with van der Waals surface area (Å²) in [6.07, 6.45) is 1.94. The van der Waals surface area contributed by atoms with Gasteiger partial charge in [0.15, 0.2) is 0 Å². The maximum Gasteiger partial charge on any atom is 0.138 e. The van der Waals surface area contributed by atoms with E-state index in [4.69, 9.17) is 4.98 Å². The number of hydrogen-bond donors (Lipinski definition) is 0. The molecule has 11 rings (SSSR count). The lowest BCUT2D eigenvalue weighted by molar-refractivity contribution is 1.08. The minimum absolute atomic E-state index is 0.892. The number of pyridine rings is 1. The van der Waals surface area contributed by atoms with Crippen LogP contribution in [0.2, 0.25) is 0 Å². The Morgan fingerprint density at radius 1 is 0.268 bits per heavy atom. The van der Waals surface area contributed by atoms with Gasteiger partial charge in [-0.2, -0.15) is 0 Å². The van der Waals surface area contributed by atoms with Crippen LogP contribution in [-0.4, -0.2) is 14.1 Å². The molecule has 0 aliphatic carbocycles. The molecule has 0 atom stereocenters.